The van der Waals surface area contributed by atoms with Crippen LogP contribution in [0.15, 0.2) is 0 Å². The van der Waals surface area contributed by atoms with Crippen LogP contribution in [-0.2, 0) is 65.4 Å². The maximum atomic E-state index is 13.1. The zero-order valence-electron chi connectivity index (χ0n) is 66.6. The van der Waals surface area contributed by atoms with E-state index in [4.69, 9.17) is 37.0 Å². The van der Waals surface area contributed by atoms with E-state index in [-0.39, 0.29) is 25.7 Å². The van der Waals surface area contributed by atoms with Crippen LogP contribution < -0.4 is 0 Å². The molecule has 19 heteroatoms. The number of aliphatic hydroxyl groups excluding tert-OH is 1. The van der Waals surface area contributed by atoms with Crippen LogP contribution in [0, 0.1) is 0 Å². The Morgan fingerprint density at radius 1 is 0.235 bits per heavy atom. The molecule has 0 saturated heterocycles. The first-order valence-electron chi connectivity index (χ1n) is 43.3. The summed E-state index contributed by atoms with van der Waals surface area (Å²) in [4.78, 5) is 73.2. The van der Waals surface area contributed by atoms with Crippen molar-refractivity contribution in [2.24, 2.45) is 0 Å². The van der Waals surface area contributed by atoms with Crippen molar-refractivity contribution in [2.75, 3.05) is 39.6 Å². The molecule has 2 unspecified atom stereocenters. The molecule has 17 nitrogen and oxygen atoms in total. The van der Waals surface area contributed by atoms with Crippen LogP contribution in [-0.4, -0.2) is 96.7 Å². The Bertz CT molecular complexity index is 1930. The smallest absolute Gasteiger partial charge is 0.462 e. The summed E-state index contributed by atoms with van der Waals surface area (Å²) in [6.45, 7) is 5.05. The van der Waals surface area contributed by atoms with E-state index in [1.165, 1.54) is 283 Å². The number of carbonyl (C=O) groups is 4. The summed E-state index contributed by atoms with van der Waals surface area (Å²) in [5.41, 5.74) is 0. The number of ether oxygens (including phenoxy) is 4. The van der Waals surface area contributed by atoms with Gasteiger partial charge in [-0.05, 0) is 25.7 Å². The van der Waals surface area contributed by atoms with Crippen LogP contribution in [0.1, 0.15) is 451 Å². The van der Waals surface area contributed by atoms with Gasteiger partial charge in [0.15, 0.2) is 12.2 Å². The predicted octanol–water partition coefficient (Wildman–Crippen LogP) is 25.4. The molecule has 0 aromatic rings. The predicted molar refractivity (Wildman–Crippen MR) is 419 cm³/mol. The summed E-state index contributed by atoms with van der Waals surface area (Å²) in [6.07, 6.45) is 70.6. The summed E-state index contributed by atoms with van der Waals surface area (Å²) in [5.74, 6) is -2.10. The molecule has 102 heavy (non-hydrogen) atoms. The van der Waals surface area contributed by atoms with Crippen LogP contribution in [0.25, 0.3) is 0 Å². The third-order valence-electron chi connectivity index (χ3n) is 19.6. The standard InChI is InChI=1S/C83H162O17P2/c1-5-9-13-17-21-25-29-33-36-38-41-45-48-52-56-60-64-68-81(86)94-73-78(99-82(87)69-65-61-57-53-49-43-32-28-24-20-16-12-8-4)75-97-101(89,90)95-71-77(84)72-96-102(91,92)98-76-79(74-93-80(85)67-63-59-55-51-47-44-40-35-31-27-23-19-15-11-7-3)100-83(88)70-66-62-58-54-50-46-42-39-37-34-30-26-22-18-14-10-6-2/h77-79,84H,5-76H2,1-4H3,(H,89,90)(H,91,92)/t77-,78-,79-/m1/s1. The number of phosphoric acid groups is 2. The van der Waals surface area contributed by atoms with Crippen molar-refractivity contribution < 1.29 is 80.2 Å². The van der Waals surface area contributed by atoms with Gasteiger partial charge in [0.25, 0.3) is 0 Å². The summed E-state index contributed by atoms with van der Waals surface area (Å²) in [5, 5.41) is 10.7. The molecule has 3 N–H and O–H groups in total. The van der Waals surface area contributed by atoms with Crippen molar-refractivity contribution in [3.63, 3.8) is 0 Å². The molecule has 0 radical (unpaired) electrons. The van der Waals surface area contributed by atoms with Crippen molar-refractivity contribution in [1.82, 2.24) is 0 Å². The van der Waals surface area contributed by atoms with Crippen LogP contribution >= 0.6 is 15.6 Å². The molecule has 0 spiro atoms. The fraction of sp³-hybridized carbons (Fsp3) is 0.952. The number of rotatable bonds is 84. The Labute approximate surface area is 626 Å². The average Bonchev–Trinajstić information content (AvgIpc) is 0.909. The lowest BCUT2D eigenvalue weighted by atomic mass is 10.0. The molecule has 0 fully saturated rings. The van der Waals surface area contributed by atoms with Gasteiger partial charge < -0.3 is 33.8 Å². The van der Waals surface area contributed by atoms with Gasteiger partial charge in [-0.15, -0.1) is 0 Å². The molecule has 0 aromatic carbocycles. The minimum absolute atomic E-state index is 0.109. The Morgan fingerprint density at radius 3 is 0.578 bits per heavy atom. The van der Waals surface area contributed by atoms with E-state index in [2.05, 4.69) is 27.7 Å². The van der Waals surface area contributed by atoms with E-state index < -0.39 is 97.5 Å². The van der Waals surface area contributed by atoms with Gasteiger partial charge in [-0.1, -0.05) is 400 Å². The van der Waals surface area contributed by atoms with Crippen LogP contribution in [0.4, 0.5) is 0 Å². The maximum absolute atomic E-state index is 13.1. The normalized spacial score (nSPS) is 13.8. The lowest BCUT2D eigenvalue weighted by Gasteiger charge is -2.21. The summed E-state index contributed by atoms with van der Waals surface area (Å²) < 4.78 is 68.8. The van der Waals surface area contributed by atoms with E-state index in [0.29, 0.717) is 25.7 Å². The molecular formula is C83H162O17P2. The first-order chi connectivity index (χ1) is 49.7. The Hall–Kier alpha value is -1.94. The zero-order chi connectivity index (χ0) is 74.6. The number of carbonyl (C=O) groups excluding carboxylic acids is 4. The van der Waals surface area contributed by atoms with Crippen molar-refractivity contribution in [3.05, 3.63) is 0 Å². The van der Waals surface area contributed by atoms with Gasteiger partial charge in [0.05, 0.1) is 26.4 Å². The minimum atomic E-state index is -4.96. The first-order valence-corrected chi connectivity index (χ1v) is 46.3. The second-order valence-corrected chi connectivity index (χ2v) is 32.8. The van der Waals surface area contributed by atoms with E-state index in [0.717, 1.165) is 89.9 Å². The molecule has 0 rings (SSSR count). The number of hydrogen-bond acceptors (Lipinski definition) is 15. The van der Waals surface area contributed by atoms with Crippen molar-refractivity contribution in [2.45, 2.75) is 470 Å². The summed E-state index contributed by atoms with van der Waals surface area (Å²) in [7, 11) is -9.92. The van der Waals surface area contributed by atoms with E-state index in [9.17, 15) is 43.2 Å². The number of unbranched alkanes of at least 4 members (excludes halogenated alkanes) is 58. The van der Waals surface area contributed by atoms with Gasteiger partial charge in [0.2, 0.25) is 0 Å². The highest BCUT2D eigenvalue weighted by Crippen LogP contribution is 2.45. The van der Waals surface area contributed by atoms with Crippen molar-refractivity contribution in [3.8, 4) is 0 Å². The molecule has 0 heterocycles. The van der Waals surface area contributed by atoms with Gasteiger partial charge in [-0.25, -0.2) is 9.13 Å². The number of esters is 4. The maximum Gasteiger partial charge on any atom is 0.472 e. The summed E-state index contributed by atoms with van der Waals surface area (Å²) >= 11 is 0. The Kier molecular flexibility index (Phi) is 75.8. The summed E-state index contributed by atoms with van der Waals surface area (Å²) in [6, 6.07) is 0. The molecule has 0 bridgehead atoms. The number of aliphatic hydroxyl groups is 1. The molecular weight excluding hydrogens is 1330 g/mol. The largest absolute Gasteiger partial charge is 0.472 e. The van der Waals surface area contributed by atoms with Gasteiger partial charge in [-0.3, -0.25) is 37.3 Å². The second-order valence-electron chi connectivity index (χ2n) is 29.9. The van der Waals surface area contributed by atoms with Gasteiger partial charge in [0, 0.05) is 25.7 Å². The topological polar surface area (TPSA) is 237 Å². The molecule has 0 amide bonds. The van der Waals surface area contributed by atoms with Crippen LogP contribution in [0.3, 0.4) is 0 Å². The fourth-order valence-electron chi connectivity index (χ4n) is 13.0. The van der Waals surface area contributed by atoms with Gasteiger partial charge >= 0.3 is 39.5 Å². The monoisotopic (exact) mass is 1490 g/mol. The zero-order valence-corrected chi connectivity index (χ0v) is 68.4. The Morgan fingerprint density at radius 2 is 0.392 bits per heavy atom. The molecule has 0 aliphatic carbocycles. The fourth-order valence-corrected chi connectivity index (χ4v) is 14.6. The SMILES string of the molecule is CCCCCCCCCCCCCCCCCCCC(=O)OC[C@H](COP(=O)(O)OC[C@@H](O)COP(=O)(O)OC[C@@H](COC(=O)CCCCCCCCCCCCCCCCC)OC(=O)CCCCCCCCCCCCCCCCCCC)OC(=O)CCCCCCCCCCCCCCC. The lowest BCUT2D eigenvalue weighted by molar-refractivity contribution is -0.161. The molecule has 0 saturated carbocycles. The van der Waals surface area contributed by atoms with E-state index in [1.54, 1.807) is 0 Å². The Balaban J connectivity index is 5.25. The van der Waals surface area contributed by atoms with Gasteiger partial charge in [-0.2, -0.15) is 0 Å². The first kappa shape index (κ1) is 100. The third-order valence-corrected chi connectivity index (χ3v) is 21.5. The molecule has 0 aromatic heterocycles. The van der Waals surface area contributed by atoms with Crippen LogP contribution in [0.2, 0.25) is 0 Å². The molecule has 0 aliphatic heterocycles. The molecule has 0 aliphatic rings. The third kappa shape index (κ3) is 76.3. The second kappa shape index (κ2) is 77.2. The lowest BCUT2D eigenvalue weighted by Crippen LogP contribution is -2.30. The highest BCUT2D eigenvalue weighted by molar-refractivity contribution is 7.47. The molecule has 606 valence electrons. The molecule has 5 atom stereocenters. The highest BCUT2D eigenvalue weighted by atomic mass is 31.2. The highest BCUT2D eigenvalue weighted by Gasteiger charge is 2.30. The van der Waals surface area contributed by atoms with Crippen molar-refractivity contribution >= 4 is 39.5 Å². The number of hydrogen-bond donors (Lipinski definition) is 3. The average molecular weight is 1490 g/mol. The number of phosphoric ester groups is 2. The van der Waals surface area contributed by atoms with Crippen LogP contribution in [0.5, 0.6) is 0 Å². The van der Waals surface area contributed by atoms with Gasteiger partial charge in [0.1, 0.15) is 19.3 Å². The van der Waals surface area contributed by atoms with Crippen molar-refractivity contribution in [1.29, 1.82) is 0 Å². The van der Waals surface area contributed by atoms with E-state index in [1.807, 2.05) is 0 Å². The minimum Gasteiger partial charge on any atom is -0.462 e. The quantitative estimate of drug-likeness (QED) is 0.0222. The van der Waals surface area contributed by atoms with E-state index >= 15 is 0 Å².